The highest BCUT2D eigenvalue weighted by Crippen LogP contribution is 2.27. The molecule has 168 valence electrons. The fraction of sp³-hybridized carbons (Fsp3) is 0.304. The number of anilines is 1. The average molecular weight is 506 g/mol. The lowest BCUT2D eigenvalue weighted by molar-refractivity contribution is 0.0303. The number of nitrogens with zero attached hydrogens (tertiary/aromatic N) is 3. The number of carbonyl (C=O) groups excluding carboxylic acids is 1. The van der Waals surface area contributed by atoms with Gasteiger partial charge in [0.15, 0.2) is 0 Å². The maximum atomic E-state index is 13.8. The van der Waals surface area contributed by atoms with Crippen LogP contribution >= 0.6 is 15.9 Å². The van der Waals surface area contributed by atoms with Crippen molar-refractivity contribution < 1.29 is 23.0 Å². The zero-order chi connectivity index (χ0) is 22.7. The van der Waals surface area contributed by atoms with Crippen LogP contribution in [-0.4, -0.2) is 49.2 Å². The van der Waals surface area contributed by atoms with Gasteiger partial charge in [0.2, 0.25) is 5.90 Å². The van der Waals surface area contributed by atoms with Crippen LogP contribution in [0, 0.1) is 11.6 Å². The minimum Gasteiger partial charge on any atom is -0.472 e. The molecule has 32 heavy (non-hydrogen) atoms. The van der Waals surface area contributed by atoms with E-state index in [0.29, 0.717) is 42.2 Å². The summed E-state index contributed by atoms with van der Waals surface area (Å²) in [5.74, 6) is -0.978. The van der Waals surface area contributed by atoms with Gasteiger partial charge in [-0.25, -0.2) is 13.8 Å². The number of halogens is 3. The molecule has 1 unspecified atom stereocenters. The number of hydrogen-bond donors (Lipinski definition) is 0. The average Bonchev–Trinajstić information content (AvgIpc) is 2.80. The van der Waals surface area contributed by atoms with Crippen molar-refractivity contribution in [3.63, 3.8) is 0 Å². The van der Waals surface area contributed by atoms with Gasteiger partial charge in [-0.05, 0) is 59.3 Å². The molecule has 0 bridgehead atoms. The molecule has 1 saturated heterocycles. The van der Waals surface area contributed by atoms with Crippen LogP contribution < -0.4 is 4.90 Å². The van der Waals surface area contributed by atoms with Gasteiger partial charge in [-0.3, -0.25) is 4.79 Å². The predicted octanol–water partition coefficient (Wildman–Crippen LogP) is 4.45. The van der Waals surface area contributed by atoms with Crippen molar-refractivity contribution in [2.24, 2.45) is 4.99 Å². The second-order valence-corrected chi connectivity index (χ2v) is 8.28. The first-order chi connectivity index (χ1) is 15.4. The molecule has 1 amide bonds. The largest absolute Gasteiger partial charge is 0.472 e. The zero-order valence-electron chi connectivity index (χ0n) is 17.4. The molecule has 1 fully saturated rings. The summed E-state index contributed by atoms with van der Waals surface area (Å²) in [5.41, 5.74) is 1.72. The van der Waals surface area contributed by atoms with Crippen LogP contribution in [0.5, 0.6) is 0 Å². The molecule has 2 aromatic rings. The van der Waals surface area contributed by atoms with E-state index in [1.165, 1.54) is 12.1 Å². The van der Waals surface area contributed by atoms with E-state index in [1.807, 2.05) is 30.2 Å². The molecule has 0 aromatic heterocycles. The maximum Gasteiger partial charge on any atom is 0.254 e. The van der Waals surface area contributed by atoms with Gasteiger partial charge in [-0.2, -0.15) is 0 Å². The van der Waals surface area contributed by atoms with Gasteiger partial charge in [0.25, 0.3) is 5.91 Å². The normalized spacial score (nSPS) is 18.8. The highest BCUT2D eigenvalue weighted by molar-refractivity contribution is 9.12. The van der Waals surface area contributed by atoms with Crippen molar-refractivity contribution in [3.8, 4) is 0 Å². The summed E-state index contributed by atoms with van der Waals surface area (Å²) in [4.78, 5) is 20.9. The van der Waals surface area contributed by atoms with Gasteiger partial charge >= 0.3 is 0 Å². The second kappa shape index (κ2) is 9.79. The van der Waals surface area contributed by atoms with Crippen LogP contribution in [0.1, 0.15) is 22.8 Å². The molecule has 2 heterocycles. The molecule has 2 aliphatic rings. The zero-order valence-corrected chi connectivity index (χ0v) is 19.0. The Hall–Kier alpha value is -2.78. The molecule has 0 saturated carbocycles. The fourth-order valence-electron chi connectivity index (χ4n) is 3.49. The quantitative estimate of drug-likeness (QED) is 0.615. The highest BCUT2D eigenvalue weighted by Gasteiger charge is 2.23. The van der Waals surface area contributed by atoms with Gasteiger partial charge in [0.1, 0.15) is 24.4 Å². The van der Waals surface area contributed by atoms with Crippen LogP contribution in [-0.2, 0) is 16.1 Å². The van der Waals surface area contributed by atoms with Crippen LogP contribution in [0.2, 0.25) is 0 Å². The summed E-state index contributed by atoms with van der Waals surface area (Å²) in [5, 5.41) is 0. The number of ether oxygens (including phenoxy) is 2. The van der Waals surface area contributed by atoms with Crippen molar-refractivity contribution in [3.05, 3.63) is 75.9 Å². The van der Waals surface area contributed by atoms with Crippen LogP contribution in [0.4, 0.5) is 14.5 Å². The molecular formula is C23H22BrF2N3O3. The highest BCUT2D eigenvalue weighted by atomic mass is 79.9. The third kappa shape index (κ3) is 4.99. The van der Waals surface area contributed by atoms with Crippen LogP contribution in [0.15, 0.2) is 58.1 Å². The molecular weight excluding hydrogens is 484 g/mol. The van der Waals surface area contributed by atoms with E-state index in [0.717, 1.165) is 11.8 Å². The fourth-order valence-corrected chi connectivity index (χ4v) is 3.92. The van der Waals surface area contributed by atoms with E-state index in [4.69, 9.17) is 9.47 Å². The second-order valence-electron chi connectivity index (χ2n) is 7.43. The van der Waals surface area contributed by atoms with E-state index >= 15 is 0 Å². The lowest BCUT2D eigenvalue weighted by Crippen LogP contribution is -2.40. The molecule has 9 heteroatoms. The van der Waals surface area contributed by atoms with Gasteiger partial charge in [-0.1, -0.05) is 0 Å². The Bertz CT molecular complexity index is 1050. The van der Waals surface area contributed by atoms with E-state index < -0.39 is 11.6 Å². The topological polar surface area (TPSA) is 54.4 Å². The summed E-state index contributed by atoms with van der Waals surface area (Å²) in [6.45, 7) is 4.13. The Kier molecular flexibility index (Phi) is 6.86. The minimum absolute atomic E-state index is 0.00926. The van der Waals surface area contributed by atoms with Crippen molar-refractivity contribution in [1.82, 2.24) is 4.90 Å². The summed E-state index contributed by atoms with van der Waals surface area (Å²) in [7, 11) is 0. The summed E-state index contributed by atoms with van der Waals surface area (Å²) in [6.07, 6.45) is 1.54. The van der Waals surface area contributed by atoms with Gasteiger partial charge in [0, 0.05) is 42.2 Å². The molecule has 0 spiro atoms. The standard InChI is InChI=1S/C23H22BrF2N3O3/c1-15-27-22(32-14-17-2-5-18(25)12-21(17)26)20(24)13-29(15)19-6-3-16(4-7-19)23(30)28-8-10-31-11-9-28/h2-7,12-13,15H,8-11,14H2,1H3. The molecule has 0 aliphatic carbocycles. The predicted molar refractivity (Wildman–Crippen MR) is 121 cm³/mol. The first kappa shape index (κ1) is 22.4. The molecule has 4 rings (SSSR count). The Morgan fingerprint density at radius 2 is 1.91 bits per heavy atom. The first-order valence-corrected chi connectivity index (χ1v) is 11.0. The number of carbonyl (C=O) groups is 1. The Morgan fingerprint density at radius 3 is 2.59 bits per heavy atom. The van der Waals surface area contributed by atoms with E-state index in [-0.39, 0.29) is 24.2 Å². The number of aliphatic imine (C=N–C) groups is 1. The minimum atomic E-state index is -0.664. The Morgan fingerprint density at radius 1 is 1.19 bits per heavy atom. The summed E-state index contributed by atoms with van der Waals surface area (Å²) < 4.78 is 38.5. The van der Waals surface area contributed by atoms with Crippen LogP contribution in [0.25, 0.3) is 0 Å². The third-order valence-corrected chi connectivity index (χ3v) is 5.80. The molecule has 2 aliphatic heterocycles. The van der Waals surface area contributed by atoms with Gasteiger partial charge in [-0.15, -0.1) is 0 Å². The molecule has 6 nitrogen and oxygen atoms in total. The SMILES string of the molecule is CC1N=C(OCc2ccc(F)cc2F)C(Br)=CN1c1ccc(C(=O)N2CCOCC2)cc1. The van der Waals surface area contributed by atoms with Crippen molar-refractivity contribution in [2.75, 3.05) is 31.2 Å². The first-order valence-electron chi connectivity index (χ1n) is 10.2. The molecule has 2 aromatic carbocycles. The van der Waals surface area contributed by atoms with Gasteiger partial charge in [0.05, 0.1) is 17.7 Å². The van der Waals surface area contributed by atoms with Crippen molar-refractivity contribution in [2.45, 2.75) is 19.7 Å². The van der Waals surface area contributed by atoms with Gasteiger partial charge < -0.3 is 19.3 Å². The lowest BCUT2D eigenvalue weighted by atomic mass is 10.1. The smallest absolute Gasteiger partial charge is 0.254 e. The summed E-state index contributed by atoms with van der Waals surface area (Å²) >= 11 is 3.45. The van der Waals surface area contributed by atoms with E-state index in [9.17, 15) is 13.6 Å². The number of morpholine rings is 1. The van der Waals surface area contributed by atoms with Crippen molar-refractivity contribution >= 4 is 33.4 Å². The molecule has 0 radical (unpaired) electrons. The molecule has 1 atom stereocenters. The number of amides is 1. The summed E-state index contributed by atoms with van der Waals surface area (Å²) in [6, 6.07) is 10.7. The van der Waals surface area contributed by atoms with E-state index in [2.05, 4.69) is 20.9 Å². The Balaban J connectivity index is 1.42. The number of benzene rings is 2. The Labute approximate surface area is 193 Å². The number of rotatable bonds is 4. The van der Waals surface area contributed by atoms with Crippen molar-refractivity contribution in [1.29, 1.82) is 0 Å². The maximum absolute atomic E-state index is 13.8. The third-order valence-electron chi connectivity index (χ3n) is 5.25. The molecule has 0 N–H and O–H groups in total. The van der Waals surface area contributed by atoms with E-state index in [1.54, 1.807) is 17.0 Å². The van der Waals surface area contributed by atoms with Crippen LogP contribution in [0.3, 0.4) is 0 Å². The lowest BCUT2D eigenvalue weighted by Gasteiger charge is -2.30. The monoisotopic (exact) mass is 505 g/mol. The number of hydrogen-bond acceptors (Lipinski definition) is 5.